The minimum absolute atomic E-state index is 0.305. The number of anilines is 2. The monoisotopic (exact) mass is 313 g/mol. The van der Waals surface area contributed by atoms with E-state index in [1.54, 1.807) is 6.92 Å². The molecule has 0 radical (unpaired) electrons. The van der Waals surface area contributed by atoms with E-state index in [2.05, 4.69) is 21.4 Å². The van der Waals surface area contributed by atoms with Gasteiger partial charge in [0.05, 0.1) is 5.39 Å². The lowest BCUT2D eigenvalue weighted by atomic mass is 10.1. The predicted molar refractivity (Wildman–Crippen MR) is 88.3 cm³/mol. The molecule has 0 aliphatic heterocycles. The molecule has 0 bridgehead atoms. The molecule has 0 aliphatic rings. The summed E-state index contributed by atoms with van der Waals surface area (Å²) in [6.07, 6.45) is 1.45. The molecule has 2 aromatic heterocycles. The molecular weight excluding hydrogens is 298 g/mol. The van der Waals surface area contributed by atoms with Gasteiger partial charge in [0.2, 0.25) is 0 Å². The summed E-state index contributed by atoms with van der Waals surface area (Å²) in [4.78, 5) is 20.7. The summed E-state index contributed by atoms with van der Waals surface area (Å²) in [6.45, 7) is 5.86. The Labute approximate surface area is 131 Å². The average Bonchev–Trinajstić information content (AvgIpc) is 2.76. The van der Waals surface area contributed by atoms with E-state index in [1.165, 1.54) is 17.7 Å². The first kappa shape index (κ1) is 14.5. The zero-order valence-electron chi connectivity index (χ0n) is 12.5. The van der Waals surface area contributed by atoms with Gasteiger partial charge in [0.25, 0.3) is 0 Å². The molecule has 0 saturated carbocycles. The number of rotatable bonds is 3. The molecule has 112 valence electrons. The molecule has 0 amide bonds. The maximum absolute atomic E-state index is 11.3. The second-order valence-electron chi connectivity index (χ2n) is 5.27. The molecule has 1 aromatic carbocycles. The first-order valence-corrected chi connectivity index (χ1v) is 7.60. The molecule has 22 heavy (non-hydrogen) atoms. The highest BCUT2D eigenvalue weighted by Gasteiger charge is 2.18. The number of carboxylic acids is 1. The number of nitrogens with zero attached hydrogens (tertiary/aromatic N) is 2. The van der Waals surface area contributed by atoms with Crippen LogP contribution in [0.2, 0.25) is 0 Å². The lowest BCUT2D eigenvalue weighted by Gasteiger charge is -2.09. The van der Waals surface area contributed by atoms with Crippen molar-refractivity contribution in [1.82, 2.24) is 9.97 Å². The Bertz CT molecular complexity index is 866. The van der Waals surface area contributed by atoms with Crippen molar-refractivity contribution in [2.75, 3.05) is 5.32 Å². The van der Waals surface area contributed by atoms with Crippen molar-refractivity contribution in [3.63, 3.8) is 0 Å². The van der Waals surface area contributed by atoms with E-state index < -0.39 is 5.97 Å². The van der Waals surface area contributed by atoms with Crippen molar-refractivity contribution >= 4 is 39.0 Å². The van der Waals surface area contributed by atoms with Crippen LogP contribution in [0.3, 0.4) is 0 Å². The lowest BCUT2D eigenvalue weighted by molar-refractivity contribution is 0.0701. The van der Waals surface area contributed by atoms with Crippen LogP contribution in [0.4, 0.5) is 11.5 Å². The first-order chi connectivity index (χ1) is 10.5. The normalized spacial score (nSPS) is 10.9. The number of nitrogens with one attached hydrogen (secondary N) is 1. The number of carboxylic acid groups (broad SMARTS) is 1. The summed E-state index contributed by atoms with van der Waals surface area (Å²) in [6, 6.07) is 6.15. The molecule has 6 heteroatoms. The van der Waals surface area contributed by atoms with Crippen LogP contribution in [-0.4, -0.2) is 21.0 Å². The third-order valence-corrected chi connectivity index (χ3v) is 4.59. The van der Waals surface area contributed by atoms with E-state index in [-0.39, 0.29) is 0 Å². The van der Waals surface area contributed by atoms with E-state index in [9.17, 15) is 9.90 Å². The van der Waals surface area contributed by atoms with Crippen LogP contribution in [0.15, 0.2) is 24.5 Å². The predicted octanol–water partition coefficient (Wildman–Crippen LogP) is 4.06. The van der Waals surface area contributed by atoms with E-state index in [0.717, 1.165) is 22.2 Å². The number of carbonyl (C=O) groups is 1. The van der Waals surface area contributed by atoms with Crippen LogP contribution in [0.1, 0.15) is 26.4 Å². The van der Waals surface area contributed by atoms with Crippen molar-refractivity contribution in [2.45, 2.75) is 20.8 Å². The SMILES string of the molecule is Cc1cc(C)cc(Nc2ncnc3sc(C(=O)O)c(C)c23)c1. The van der Waals surface area contributed by atoms with E-state index in [4.69, 9.17) is 0 Å². The Kier molecular flexibility index (Phi) is 3.54. The molecule has 0 fully saturated rings. The number of hydrogen-bond donors (Lipinski definition) is 2. The maximum Gasteiger partial charge on any atom is 0.346 e. The number of aryl methyl sites for hydroxylation is 3. The smallest absolute Gasteiger partial charge is 0.346 e. The Morgan fingerprint density at radius 3 is 2.45 bits per heavy atom. The van der Waals surface area contributed by atoms with Crippen molar-refractivity contribution in [3.05, 3.63) is 46.1 Å². The lowest BCUT2D eigenvalue weighted by Crippen LogP contribution is -1.98. The van der Waals surface area contributed by atoms with Gasteiger partial charge in [-0.3, -0.25) is 0 Å². The van der Waals surface area contributed by atoms with Gasteiger partial charge in [0, 0.05) is 5.69 Å². The van der Waals surface area contributed by atoms with Gasteiger partial charge in [0.15, 0.2) is 0 Å². The molecule has 3 rings (SSSR count). The van der Waals surface area contributed by atoms with E-state index in [0.29, 0.717) is 21.1 Å². The topological polar surface area (TPSA) is 75.1 Å². The van der Waals surface area contributed by atoms with Crippen LogP contribution in [0.5, 0.6) is 0 Å². The molecule has 0 aliphatic carbocycles. The van der Waals surface area contributed by atoms with Gasteiger partial charge in [-0.05, 0) is 49.6 Å². The van der Waals surface area contributed by atoms with Crippen LogP contribution in [0.25, 0.3) is 10.2 Å². The highest BCUT2D eigenvalue weighted by molar-refractivity contribution is 7.20. The van der Waals surface area contributed by atoms with Crippen molar-refractivity contribution in [3.8, 4) is 0 Å². The molecule has 2 N–H and O–H groups in total. The van der Waals surface area contributed by atoms with Crippen LogP contribution in [0, 0.1) is 20.8 Å². The number of hydrogen-bond acceptors (Lipinski definition) is 5. The van der Waals surface area contributed by atoms with E-state index >= 15 is 0 Å². The van der Waals surface area contributed by atoms with Crippen molar-refractivity contribution in [1.29, 1.82) is 0 Å². The molecule has 0 atom stereocenters. The zero-order chi connectivity index (χ0) is 15.9. The van der Waals surface area contributed by atoms with Gasteiger partial charge in [-0.1, -0.05) is 6.07 Å². The molecule has 3 aromatic rings. The molecule has 0 spiro atoms. The summed E-state index contributed by atoms with van der Waals surface area (Å²) in [5.74, 6) is -0.297. The van der Waals surface area contributed by atoms with Crippen LogP contribution < -0.4 is 5.32 Å². The van der Waals surface area contributed by atoms with Gasteiger partial charge in [-0.15, -0.1) is 11.3 Å². The molecular formula is C16H15N3O2S. The Hall–Kier alpha value is -2.47. The molecule has 5 nitrogen and oxygen atoms in total. The highest BCUT2D eigenvalue weighted by atomic mass is 32.1. The van der Waals surface area contributed by atoms with Gasteiger partial charge < -0.3 is 10.4 Å². The van der Waals surface area contributed by atoms with Crippen LogP contribution >= 0.6 is 11.3 Å². The summed E-state index contributed by atoms with van der Waals surface area (Å²) >= 11 is 1.17. The second-order valence-corrected chi connectivity index (χ2v) is 6.26. The van der Waals surface area contributed by atoms with Crippen molar-refractivity contribution in [2.24, 2.45) is 0 Å². The number of benzene rings is 1. The van der Waals surface area contributed by atoms with Gasteiger partial charge in [-0.25, -0.2) is 14.8 Å². The Balaban J connectivity index is 2.12. The largest absolute Gasteiger partial charge is 0.477 e. The minimum Gasteiger partial charge on any atom is -0.477 e. The van der Waals surface area contributed by atoms with Gasteiger partial charge >= 0.3 is 5.97 Å². The van der Waals surface area contributed by atoms with Crippen molar-refractivity contribution < 1.29 is 9.90 Å². The first-order valence-electron chi connectivity index (χ1n) is 6.78. The summed E-state index contributed by atoms with van der Waals surface area (Å²) in [5.41, 5.74) is 3.93. The number of aromatic carboxylic acids is 1. The third-order valence-electron chi connectivity index (χ3n) is 3.41. The fourth-order valence-corrected chi connectivity index (χ4v) is 3.54. The number of fused-ring (bicyclic) bond motifs is 1. The number of thiophene rings is 1. The summed E-state index contributed by atoms with van der Waals surface area (Å²) in [5, 5.41) is 13.3. The molecule has 2 heterocycles. The zero-order valence-corrected chi connectivity index (χ0v) is 13.3. The third kappa shape index (κ3) is 2.53. The fraction of sp³-hybridized carbons (Fsp3) is 0.188. The summed E-state index contributed by atoms with van der Waals surface area (Å²) < 4.78 is 0. The molecule has 0 saturated heterocycles. The van der Waals surface area contributed by atoms with E-state index in [1.807, 2.05) is 26.0 Å². The van der Waals surface area contributed by atoms with Crippen LogP contribution in [-0.2, 0) is 0 Å². The quantitative estimate of drug-likeness (QED) is 0.762. The maximum atomic E-state index is 11.3. The minimum atomic E-state index is -0.933. The average molecular weight is 313 g/mol. The Morgan fingerprint density at radius 2 is 1.82 bits per heavy atom. The highest BCUT2D eigenvalue weighted by Crippen LogP contribution is 2.34. The fourth-order valence-electron chi connectivity index (χ4n) is 2.55. The standard InChI is InChI=1S/C16H15N3O2S/c1-8-4-9(2)6-11(5-8)19-14-12-10(3)13(16(20)21)22-15(12)18-7-17-14/h4-7H,1-3H3,(H,20,21)(H,17,18,19). The van der Waals surface area contributed by atoms with Gasteiger partial charge in [0.1, 0.15) is 21.9 Å². The Morgan fingerprint density at radius 1 is 1.14 bits per heavy atom. The van der Waals surface area contributed by atoms with Gasteiger partial charge in [-0.2, -0.15) is 0 Å². The number of aromatic nitrogens is 2. The second kappa shape index (κ2) is 5.38. The summed E-state index contributed by atoms with van der Waals surface area (Å²) in [7, 11) is 0. The molecule has 0 unspecified atom stereocenters.